The molecule has 230 valence electrons. The second-order valence-electron chi connectivity index (χ2n) is 13.2. The molecule has 0 bridgehead atoms. The van der Waals surface area contributed by atoms with E-state index in [-0.39, 0.29) is 40.5 Å². The lowest BCUT2D eigenvalue weighted by molar-refractivity contribution is 0.0977. The van der Waals surface area contributed by atoms with Crippen LogP contribution in [0.5, 0.6) is 5.75 Å². The molecule has 0 spiro atoms. The number of fused-ring (bicyclic) bond motifs is 2. The van der Waals surface area contributed by atoms with Crippen molar-refractivity contribution in [3.63, 3.8) is 0 Å². The third-order valence-corrected chi connectivity index (χ3v) is 10.4. The molecule has 0 radical (unpaired) electrons. The summed E-state index contributed by atoms with van der Waals surface area (Å²) >= 11 is 0. The van der Waals surface area contributed by atoms with E-state index in [9.17, 15) is 14.7 Å². The Balaban J connectivity index is 1.24. The predicted molar refractivity (Wildman–Crippen MR) is 180 cm³/mol. The van der Waals surface area contributed by atoms with Crippen LogP contribution in [0.4, 0.5) is 11.4 Å². The Morgan fingerprint density at radius 3 is 1.56 bits per heavy atom. The molecule has 4 aromatic carbocycles. The first-order valence-corrected chi connectivity index (χ1v) is 16.8. The molecule has 0 amide bonds. The molecule has 0 aliphatic heterocycles. The standard InChI is InChI=1S/C40H42N2O3/c43-35-21-11-18-30-36(35)40(45)38-34(42-32-20-10-8-17-29(32)25-27-14-5-2-6-15-27)23-22-33(37(38)39(30)44)41-31-19-9-7-16-28(31)24-26-12-3-1-4-13-26/h1-6,11-15,18,21-23,28-29,31-32,41-43H,7-10,16-17,19-20,24-25H2. The monoisotopic (exact) mass is 598 g/mol. The van der Waals surface area contributed by atoms with Crippen LogP contribution < -0.4 is 10.6 Å². The van der Waals surface area contributed by atoms with Crippen LogP contribution in [-0.2, 0) is 12.8 Å². The van der Waals surface area contributed by atoms with E-state index in [1.54, 1.807) is 12.1 Å². The normalized spacial score (nSPS) is 22.8. The number of aromatic hydroxyl groups is 1. The summed E-state index contributed by atoms with van der Waals surface area (Å²) in [7, 11) is 0. The van der Waals surface area contributed by atoms with Gasteiger partial charge in [-0.05, 0) is 79.7 Å². The number of carbonyl (C=O) groups excluding carboxylic acids is 2. The molecule has 3 aliphatic carbocycles. The number of hydrogen-bond donors (Lipinski definition) is 3. The van der Waals surface area contributed by atoms with Crippen LogP contribution in [0, 0.1) is 11.8 Å². The van der Waals surface area contributed by atoms with E-state index in [0.717, 1.165) is 57.1 Å². The maximum absolute atomic E-state index is 14.3. The molecule has 2 saturated carbocycles. The summed E-state index contributed by atoms with van der Waals surface area (Å²) in [4.78, 5) is 28.5. The van der Waals surface area contributed by atoms with Crippen LogP contribution in [0.3, 0.4) is 0 Å². The average Bonchev–Trinajstić information content (AvgIpc) is 3.07. The van der Waals surface area contributed by atoms with Crippen molar-refractivity contribution in [2.75, 3.05) is 10.6 Å². The summed E-state index contributed by atoms with van der Waals surface area (Å²) in [5, 5.41) is 18.3. The van der Waals surface area contributed by atoms with Crippen molar-refractivity contribution < 1.29 is 14.7 Å². The smallest absolute Gasteiger partial charge is 0.200 e. The second-order valence-corrected chi connectivity index (χ2v) is 13.2. The van der Waals surface area contributed by atoms with E-state index in [2.05, 4.69) is 71.3 Å². The maximum atomic E-state index is 14.3. The van der Waals surface area contributed by atoms with E-state index < -0.39 is 0 Å². The molecule has 2 fully saturated rings. The number of anilines is 2. The van der Waals surface area contributed by atoms with E-state index in [4.69, 9.17) is 0 Å². The highest BCUT2D eigenvalue weighted by molar-refractivity contribution is 6.32. The van der Waals surface area contributed by atoms with Crippen molar-refractivity contribution in [1.82, 2.24) is 0 Å². The SMILES string of the molecule is O=C1c2cccc(O)c2C(=O)c2c(NC3CCCCC3Cc3ccccc3)ccc(NC3CCCCC3Cc3ccccc3)c21. The van der Waals surface area contributed by atoms with E-state index in [1.807, 2.05) is 12.1 Å². The topological polar surface area (TPSA) is 78.4 Å². The molecule has 5 heteroatoms. The first-order valence-electron chi connectivity index (χ1n) is 16.8. The summed E-state index contributed by atoms with van der Waals surface area (Å²) in [6.07, 6.45) is 10.9. The second kappa shape index (κ2) is 12.9. The lowest BCUT2D eigenvalue weighted by Gasteiger charge is -2.36. The number of phenols is 1. The Morgan fingerprint density at radius 1 is 0.533 bits per heavy atom. The van der Waals surface area contributed by atoms with Crippen molar-refractivity contribution in [2.45, 2.75) is 76.3 Å². The number of phenolic OH excluding ortho intramolecular Hbond substituents is 1. The highest BCUT2D eigenvalue weighted by Crippen LogP contribution is 2.42. The van der Waals surface area contributed by atoms with Crippen molar-refractivity contribution in [3.8, 4) is 5.75 Å². The zero-order valence-electron chi connectivity index (χ0n) is 25.8. The largest absolute Gasteiger partial charge is 0.507 e. The molecule has 3 N–H and O–H groups in total. The molecule has 4 aromatic rings. The third kappa shape index (κ3) is 6.01. The zero-order valence-corrected chi connectivity index (χ0v) is 25.8. The number of ketones is 2. The van der Waals surface area contributed by atoms with Gasteiger partial charge in [0.15, 0.2) is 11.6 Å². The minimum absolute atomic E-state index is 0.110. The molecule has 5 nitrogen and oxygen atoms in total. The summed E-state index contributed by atoms with van der Waals surface area (Å²) < 4.78 is 0. The number of benzene rings is 4. The van der Waals surface area contributed by atoms with Gasteiger partial charge in [-0.15, -0.1) is 0 Å². The molecular weight excluding hydrogens is 556 g/mol. The highest BCUT2D eigenvalue weighted by atomic mass is 16.3. The van der Waals surface area contributed by atoms with Crippen LogP contribution in [0.15, 0.2) is 91.0 Å². The summed E-state index contributed by atoms with van der Waals surface area (Å²) in [6.45, 7) is 0. The van der Waals surface area contributed by atoms with Crippen molar-refractivity contribution in [2.24, 2.45) is 11.8 Å². The quantitative estimate of drug-likeness (QED) is 0.167. The van der Waals surface area contributed by atoms with Crippen LogP contribution in [0.1, 0.15) is 94.3 Å². The Labute approximate surface area is 266 Å². The molecule has 45 heavy (non-hydrogen) atoms. The number of rotatable bonds is 8. The van der Waals surface area contributed by atoms with Gasteiger partial charge in [0.05, 0.1) is 16.7 Å². The van der Waals surface area contributed by atoms with Crippen molar-refractivity contribution in [3.05, 3.63) is 124 Å². The molecular formula is C40H42N2O3. The first kappa shape index (κ1) is 29.3. The highest BCUT2D eigenvalue weighted by Gasteiger charge is 2.38. The Hall–Kier alpha value is -4.38. The molecule has 4 unspecified atom stereocenters. The van der Waals surface area contributed by atoms with E-state index >= 15 is 0 Å². The average molecular weight is 599 g/mol. The number of hydrogen-bond acceptors (Lipinski definition) is 5. The molecule has 0 saturated heterocycles. The fraction of sp³-hybridized carbons (Fsp3) is 0.350. The lowest BCUT2D eigenvalue weighted by Crippen LogP contribution is -2.36. The zero-order chi connectivity index (χ0) is 30.8. The fourth-order valence-corrected chi connectivity index (χ4v) is 8.06. The Morgan fingerprint density at radius 2 is 1.02 bits per heavy atom. The van der Waals surface area contributed by atoms with Gasteiger partial charge in [0.1, 0.15) is 5.75 Å². The van der Waals surface area contributed by atoms with Crippen molar-refractivity contribution >= 4 is 22.9 Å². The van der Waals surface area contributed by atoms with Gasteiger partial charge < -0.3 is 15.7 Å². The van der Waals surface area contributed by atoms with E-state index in [0.29, 0.717) is 28.7 Å². The van der Waals surface area contributed by atoms with E-state index in [1.165, 1.54) is 30.0 Å². The molecule has 0 aromatic heterocycles. The van der Waals surface area contributed by atoms with Gasteiger partial charge in [0.25, 0.3) is 0 Å². The van der Waals surface area contributed by atoms with Gasteiger partial charge in [-0.3, -0.25) is 9.59 Å². The van der Waals surface area contributed by atoms with Crippen LogP contribution in [0.2, 0.25) is 0 Å². The Bertz CT molecular complexity index is 1680. The molecule has 7 rings (SSSR count). The Kier molecular flexibility index (Phi) is 8.43. The summed E-state index contributed by atoms with van der Waals surface area (Å²) in [5.74, 6) is 0.216. The summed E-state index contributed by atoms with van der Waals surface area (Å²) in [5.41, 5.74) is 5.26. The molecule has 0 heterocycles. The number of nitrogens with one attached hydrogen (secondary N) is 2. The van der Waals surface area contributed by atoms with Crippen molar-refractivity contribution in [1.29, 1.82) is 0 Å². The molecule has 4 atom stereocenters. The van der Waals surface area contributed by atoms with Crippen LogP contribution in [0.25, 0.3) is 0 Å². The van der Waals surface area contributed by atoms with Crippen LogP contribution in [-0.4, -0.2) is 28.8 Å². The minimum Gasteiger partial charge on any atom is -0.507 e. The minimum atomic E-state index is -0.288. The molecule has 3 aliphatic rings. The first-order chi connectivity index (χ1) is 22.1. The van der Waals surface area contributed by atoms with Gasteiger partial charge in [0.2, 0.25) is 0 Å². The lowest BCUT2D eigenvalue weighted by atomic mass is 9.78. The predicted octanol–water partition coefficient (Wildman–Crippen LogP) is 8.59. The van der Waals surface area contributed by atoms with Crippen LogP contribution >= 0.6 is 0 Å². The van der Waals surface area contributed by atoms with Gasteiger partial charge in [-0.1, -0.05) is 98.5 Å². The maximum Gasteiger partial charge on any atom is 0.200 e. The van der Waals surface area contributed by atoms with Gasteiger partial charge in [0, 0.05) is 29.0 Å². The number of carbonyl (C=O) groups is 2. The van der Waals surface area contributed by atoms with Gasteiger partial charge in [-0.25, -0.2) is 0 Å². The summed E-state index contributed by atoms with van der Waals surface area (Å²) in [6, 6.07) is 30.4. The van der Waals surface area contributed by atoms with Gasteiger partial charge >= 0.3 is 0 Å². The fourth-order valence-electron chi connectivity index (χ4n) is 8.06. The third-order valence-electron chi connectivity index (χ3n) is 10.4. The van der Waals surface area contributed by atoms with Gasteiger partial charge in [-0.2, -0.15) is 0 Å².